The summed E-state index contributed by atoms with van der Waals surface area (Å²) < 4.78 is 0. The lowest BCUT2D eigenvalue weighted by molar-refractivity contribution is -0.120. The lowest BCUT2D eigenvalue weighted by Gasteiger charge is -2.30. The van der Waals surface area contributed by atoms with Gasteiger partial charge in [-0.25, -0.2) is 0 Å². The molecule has 0 bridgehead atoms. The molecule has 4 heteroatoms. The van der Waals surface area contributed by atoms with E-state index in [1.165, 1.54) is 6.42 Å². The van der Waals surface area contributed by atoms with Crippen LogP contribution in [0.3, 0.4) is 0 Å². The summed E-state index contributed by atoms with van der Waals surface area (Å²) >= 11 is 0. The minimum atomic E-state index is 0.205. The van der Waals surface area contributed by atoms with E-state index in [2.05, 4.69) is 22.5 Å². The zero-order valence-corrected chi connectivity index (χ0v) is 9.46. The van der Waals surface area contributed by atoms with Gasteiger partial charge in [0, 0.05) is 38.6 Å². The molecular weight excluding hydrogens is 190 g/mol. The highest BCUT2D eigenvalue weighted by Crippen LogP contribution is 2.19. The molecule has 2 aliphatic rings. The zero-order valence-electron chi connectivity index (χ0n) is 9.46. The molecule has 2 N–H and O–H groups in total. The summed E-state index contributed by atoms with van der Waals surface area (Å²) in [4.78, 5) is 13.7. The van der Waals surface area contributed by atoms with E-state index in [0.717, 1.165) is 38.6 Å². The molecule has 15 heavy (non-hydrogen) atoms. The van der Waals surface area contributed by atoms with Crippen LogP contribution in [-0.4, -0.2) is 49.6 Å². The summed E-state index contributed by atoms with van der Waals surface area (Å²) in [6.07, 6.45) is 1.89. The summed E-state index contributed by atoms with van der Waals surface area (Å²) in [5.41, 5.74) is 0. The Morgan fingerprint density at radius 2 is 2.27 bits per heavy atom. The van der Waals surface area contributed by atoms with Gasteiger partial charge >= 0.3 is 0 Å². The third-order valence-corrected chi connectivity index (χ3v) is 3.64. The lowest BCUT2D eigenvalue weighted by Crippen LogP contribution is -2.42. The number of carbonyl (C=O) groups excluding carboxylic acids is 1. The van der Waals surface area contributed by atoms with Crippen molar-refractivity contribution in [2.24, 2.45) is 5.92 Å². The third kappa shape index (κ3) is 2.49. The zero-order chi connectivity index (χ0) is 10.7. The summed E-state index contributed by atoms with van der Waals surface area (Å²) in [6.45, 7) is 7.23. The largest absolute Gasteiger partial charge is 0.355 e. The maximum absolute atomic E-state index is 11.2. The Balaban J connectivity index is 1.94. The van der Waals surface area contributed by atoms with Crippen LogP contribution in [0.15, 0.2) is 0 Å². The van der Waals surface area contributed by atoms with Crippen LogP contribution in [0.2, 0.25) is 0 Å². The van der Waals surface area contributed by atoms with Crippen LogP contribution in [0.25, 0.3) is 0 Å². The minimum Gasteiger partial charge on any atom is -0.355 e. The first kappa shape index (κ1) is 10.9. The van der Waals surface area contributed by atoms with Crippen molar-refractivity contribution >= 4 is 5.91 Å². The van der Waals surface area contributed by atoms with Gasteiger partial charge in [-0.05, 0) is 12.5 Å². The van der Waals surface area contributed by atoms with Gasteiger partial charge < -0.3 is 10.6 Å². The molecule has 86 valence electrons. The fraction of sp³-hybridized carbons (Fsp3) is 0.909. The third-order valence-electron chi connectivity index (χ3n) is 3.64. The van der Waals surface area contributed by atoms with E-state index in [-0.39, 0.29) is 5.91 Å². The van der Waals surface area contributed by atoms with Crippen molar-refractivity contribution < 1.29 is 4.79 Å². The molecule has 0 aliphatic carbocycles. The second kappa shape index (κ2) is 4.94. The maximum atomic E-state index is 11.2. The van der Waals surface area contributed by atoms with Gasteiger partial charge in [-0.2, -0.15) is 0 Å². The number of nitrogens with zero attached hydrogens (tertiary/aromatic N) is 1. The molecule has 4 nitrogen and oxygen atoms in total. The van der Waals surface area contributed by atoms with Crippen LogP contribution in [0.4, 0.5) is 0 Å². The van der Waals surface area contributed by atoms with Gasteiger partial charge in [0.25, 0.3) is 0 Å². The van der Waals surface area contributed by atoms with Gasteiger partial charge in [0.2, 0.25) is 5.91 Å². The van der Waals surface area contributed by atoms with Crippen LogP contribution in [-0.2, 0) is 4.79 Å². The molecule has 2 unspecified atom stereocenters. The van der Waals surface area contributed by atoms with E-state index in [9.17, 15) is 4.79 Å². The van der Waals surface area contributed by atoms with Crippen LogP contribution >= 0.6 is 0 Å². The first-order chi connectivity index (χ1) is 7.31. The van der Waals surface area contributed by atoms with Crippen molar-refractivity contribution in [3.8, 4) is 0 Å². The average Bonchev–Trinajstić information content (AvgIpc) is 2.61. The van der Waals surface area contributed by atoms with Gasteiger partial charge in [-0.3, -0.25) is 9.69 Å². The fourth-order valence-electron chi connectivity index (χ4n) is 2.68. The van der Waals surface area contributed by atoms with Crippen LogP contribution in [0, 0.1) is 5.92 Å². The van der Waals surface area contributed by atoms with Crippen LogP contribution in [0.1, 0.15) is 19.8 Å². The van der Waals surface area contributed by atoms with E-state index in [1.807, 2.05) is 0 Å². The minimum absolute atomic E-state index is 0.205. The van der Waals surface area contributed by atoms with Crippen molar-refractivity contribution in [1.82, 2.24) is 15.5 Å². The Morgan fingerprint density at radius 1 is 1.40 bits per heavy atom. The molecule has 2 rings (SSSR count). The summed E-state index contributed by atoms with van der Waals surface area (Å²) in [6, 6.07) is 0.641. The molecule has 0 radical (unpaired) electrons. The Morgan fingerprint density at radius 3 is 3.07 bits per heavy atom. The smallest absolute Gasteiger partial charge is 0.221 e. The number of hydrogen-bond acceptors (Lipinski definition) is 3. The molecule has 2 saturated heterocycles. The molecule has 2 aliphatic heterocycles. The second-order valence-corrected chi connectivity index (χ2v) is 4.53. The van der Waals surface area contributed by atoms with Crippen molar-refractivity contribution in [2.45, 2.75) is 25.8 Å². The molecule has 2 fully saturated rings. The Hall–Kier alpha value is -0.610. The Bertz CT molecular complexity index is 232. The highest BCUT2D eigenvalue weighted by molar-refractivity contribution is 5.76. The van der Waals surface area contributed by atoms with Crippen LogP contribution in [0.5, 0.6) is 0 Å². The molecule has 0 aromatic heterocycles. The second-order valence-electron chi connectivity index (χ2n) is 4.53. The van der Waals surface area contributed by atoms with Gasteiger partial charge in [-0.1, -0.05) is 13.3 Å². The summed E-state index contributed by atoms with van der Waals surface area (Å²) in [5, 5.41) is 6.39. The number of rotatable bonds is 2. The van der Waals surface area contributed by atoms with E-state index < -0.39 is 0 Å². The quantitative estimate of drug-likeness (QED) is 0.665. The summed E-state index contributed by atoms with van der Waals surface area (Å²) in [7, 11) is 0. The van der Waals surface area contributed by atoms with Gasteiger partial charge in [0.05, 0.1) is 0 Å². The normalized spacial score (nSPS) is 33.8. The van der Waals surface area contributed by atoms with Crippen molar-refractivity contribution in [2.75, 3.05) is 32.7 Å². The van der Waals surface area contributed by atoms with Crippen LogP contribution < -0.4 is 10.6 Å². The maximum Gasteiger partial charge on any atom is 0.221 e. The topological polar surface area (TPSA) is 44.4 Å². The molecule has 2 heterocycles. The van der Waals surface area contributed by atoms with Crippen molar-refractivity contribution in [1.29, 1.82) is 0 Å². The monoisotopic (exact) mass is 211 g/mol. The Labute approximate surface area is 91.4 Å². The van der Waals surface area contributed by atoms with E-state index in [4.69, 9.17) is 0 Å². The predicted octanol–water partition coefficient (Wildman–Crippen LogP) is -0.194. The van der Waals surface area contributed by atoms with E-state index in [0.29, 0.717) is 12.5 Å². The standard InChI is InChI=1S/C11H21N3O/c1-2-9-7-12-8-10(9)14-5-3-11(15)13-4-6-14/h9-10,12H,2-8H2,1H3,(H,13,15). The fourth-order valence-corrected chi connectivity index (χ4v) is 2.68. The molecule has 1 amide bonds. The van der Waals surface area contributed by atoms with Crippen molar-refractivity contribution in [3.05, 3.63) is 0 Å². The molecule has 0 spiro atoms. The van der Waals surface area contributed by atoms with E-state index in [1.54, 1.807) is 0 Å². The van der Waals surface area contributed by atoms with Gasteiger partial charge in [0.15, 0.2) is 0 Å². The first-order valence-corrected chi connectivity index (χ1v) is 6.02. The van der Waals surface area contributed by atoms with Gasteiger partial charge in [-0.15, -0.1) is 0 Å². The molecular formula is C11H21N3O. The predicted molar refractivity (Wildman–Crippen MR) is 59.6 cm³/mol. The molecule has 0 aromatic rings. The highest BCUT2D eigenvalue weighted by Gasteiger charge is 2.31. The van der Waals surface area contributed by atoms with Crippen molar-refractivity contribution in [3.63, 3.8) is 0 Å². The Kier molecular flexibility index (Phi) is 3.59. The molecule has 2 atom stereocenters. The van der Waals surface area contributed by atoms with E-state index >= 15 is 0 Å². The van der Waals surface area contributed by atoms with Gasteiger partial charge in [0.1, 0.15) is 0 Å². The average molecular weight is 211 g/mol. The number of hydrogen-bond donors (Lipinski definition) is 2. The number of carbonyl (C=O) groups is 1. The lowest BCUT2D eigenvalue weighted by atomic mass is 9.99. The first-order valence-electron chi connectivity index (χ1n) is 6.02. The highest BCUT2D eigenvalue weighted by atomic mass is 16.1. The molecule has 0 aromatic carbocycles. The SMILES string of the molecule is CCC1CNCC1N1CCNC(=O)CC1. The summed E-state index contributed by atoms with van der Waals surface area (Å²) in [5.74, 6) is 0.967. The molecule has 0 saturated carbocycles. The number of amides is 1. The number of nitrogens with one attached hydrogen (secondary N) is 2.